The van der Waals surface area contributed by atoms with Crippen LogP contribution in [0.2, 0.25) is 0 Å². The number of amides is 1. The fourth-order valence-electron chi connectivity index (χ4n) is 2.58. The lowest BCUT2D eigenvalue weighted by Crippen LogP contribution is -2.41. The van der Waals surface area contributed by atoms with Gasteiger partial charge in [-0.05, 0) is 63.5 Å². The number of carbonyl (C=O) groups is 1. The third-order valence-corrected chi connectivity index (χ3v) is 3.54. The van der Waals surface area contributed by atoms with Gasteiger partial charge < -0.3 is 10.2 Å². The zero-order valence-corrected chi connectivity index (χ0v) is 11.6. The molecule has 1 aliphatic heterocycles. The molecular formula is C15H21FN2O. The van der Waals surface area contributed by atoms with E-state index in [2.05, 4.69) is 10.2 Å². The average Bonchev–Trinajstić information content (AvgIpc) is 2.81. The van der Waals surface area contributed by atoms with Crippen LogP contribution in [0.3, 0.4) is 0 Å². The second kappa shape index (κ2) is 6.15. The molecule has 1 aliphatic rings. The Kier molecular flexibility index (Phi) is 4.53. The fourth-order valence-corrected chi connectivity index (χ4v) is 2.58. The molecule has 1 amide bonds. The van der Waals surface area contributed by atoms with Crippen LogP contribution in [0.4, 0.5) is 4.39 Å². The van der Waals surface area contributed by atoms with E-state index in [0.29, 0.717) is 11.1 Å². The van der Waals surface area contributed by atoms with E-state index in [1.165, 1.54) is 25.0 Å². The third-order valence-electron chi connectivity index (χ3n) is 3.54. The first-order valence-corrected chi connectivity index (χ1v) is 6.85. The fraction of sp³-hybridized carbons (Fsp3) is 0.533. The number of benzene rings is 1. The molecule has 0 aliphatic carbocycles. The zero-order chi connectivity index (χ0) is 13.8. The number of aryl methyl sites for hydroxylation is 1. The van der Waals surface area contributed by atoms with Gasteiger partial charge in [-0.15, -0.1) is 0 Å². The summed E-state index contributed by atoms with van der Waals surface area (Å²) in [6, 6.07) is 4.37. The standard InChI is InChI=1S/C15H21FN2O/c1-11-9-13(16)5-6-14(11)15(19)17-12(2)10-18-7-3-4-8-18/h5-6,9,12H,3-4,7-8,10H2,1-2H3,(H,17,19). The molecule has 1 unspecified atom stereocenters. The number of likely N-dealkylation sites (tertiary alicyclic amines) is 1. The van der Waals surface area contributed by atoms with Crippen LogP contribution in [-0.4, -0.2) is 36.5 Å². The highest BCUT2D eigenvalue weighted by atomic mass is 19.1. The molecule has 4 heteroatoms. The van der Waals surface area contributed by atoms with Crippen molar-refractivity contribution in [3.8, 4) is 0 Å². The molecule has 19 heavy (non-hydrogen) atoms. The van der Waals surface area contributed by atoms with Gasteiger partial charge in [0.05, 0.1) is 0 Å². The van der Waals surface area contributed by atoms with Crippen molar-refractivity contribution < 1.29 is 9.18 Å². The summed E-state index contributed by atoms with van der Waals surface area (Å²) in [6.45, 7) is 6.88. The molecule has 1 N–H and O–H groups in total. The van der Waals surface area contributed by atoms with Crippen molar-refractivity contribution in [1.82, 2.24) is 10.2 Å². The molecule has 0 radical (unpaired) electrons. The van der Waals surface area contributed by atoms with E-state index in [4.69, 9.17) is 0 Å². The van der Waals surface area contributed by atoms with Crippen LogP contribution >= 0.6 is 0 Å². The van der Waals surface area contributed by atoms with Gasteiger partial charge in [-0.1, -0.05) is 0 Å². The van der Waals surface area contributed by atoms with Crippen LogP contribution in [0.25, 0.3) is 0 Å². The van der Waals surface area contributed by atoms with Crippen molar-refractivity contribution in [3.05, 3.63) is 35.1 Å². The lowest BCUT2D eigenvalue weighted by molar-refractivity contribution is 0.0931. The van der Waals surface area contributed by atoms with Gasteiger partial charge in [-0.25, -0.2) is 4.39 Å². The van der Waals surface area contributed by atoms with E-state index in [0.717, 1.165) is 19.6 Å². The SMILES string of the molecule is Cc1cc(F)ccc1C(=O)NC(C)CN1CCCC1. The highest BCUT2D eigenvalue weighted by molar-refractivity contribution is 5.95. The van der Waals surface area contributed by atoms with E-state index in [1.807, 2.05) is 6.92 Å². The summed E-state index contributed by atoms with van der Waals surface area (Å²) in [6.07, 6.45) is 2.50. The largest absolute Gasteiger partial charge is 0.348 e. The first kappa shape index (κ1) is 14.0. The Morgan fingerprint density at radius 2 is 2.11 bits per heavy atom. The summed E-state index contributed by atoms with van der Waals surface area (Å²) < 4.78 is 13.0. The maximum Gasteiger partial charge on any atom is 0.251 e. The smallest absolute Gasteiger partial charge is 0.251 e. The lowest BCUT2D eigenvalue weighted by Gasteiger charge is -2.21. The van der Waals surface area contributed by atoms with Gasteiger partial charge in [-0.2, -0.15) is 0 Å². The van der Waals surface area contributed by atoms with Crippen molar-refractivity contribution in [3.63, 3.8) is 0 Å². The van der Waals surface area contributed by atoms with E-state index in [-0.39, 0.29) is 17.8 Å². The van der Waals surface area contributed by atoms with Crippen molar-refractivity contribution in [2.24, 2.45) is 0 Å². The number of nitrogens with zero attached hydrogens (tertiary/aromatic N) is 1. The number of rotatable bonds is 4. The minimum absolute atomic E-state index is 0.107. The second-order valence-corrected chi connectivity index (χ2v) is 5.34. The summed E-state index contributed by atoms with van der Waals surface area (Å²) in [5, 5.41) is 2.98. The van der Waals surface area contributed by atoms with Crippen LogP contribution in [-0.2, 0) is 0 Å². The van der Waals surface area contributed by atoms with Crippen molar-refractivity contribution >= 4 is 5.91 Å². The molecule has 1 saturated heterocycles. The zero-order valence-electron chi connectivity index (χ0n) is 11.6. The monoisotopic (exact) mass is 264 g/mol. The Hall–Kier alpha value is -1.42. The molecule has 0 saturated carbocycles. The van der Waals surface area contributed by atoms with Gasteiger partial charge in [0.25, 0.3) is 5.91 Å². The highest BCUT2D eigenvalue weighted by Crippen LogP contribution is 2.11. The predicted molar refractivity (Wildman–Crippen MR) is 73.7 cm³/mol. The van der Waals surface area contributed by atoms with E-state index in [9.17, 15) is 9.18 Å². The number of hydrogen-bond donors (Lipinski definition) is 1. The Bertz CT molecular complexity index is 455. The average molecular weight is 264 g/mol. The van der Waals surface area contributed by atoms with Crippen LogP contribution in [0.1, 0.15) is 35.7 Å². The summed E-state index contributed by atoms with van der Waals surface area (Å²) in [5.74, 6) is -0.427. The molecule has 0 spiro atoms. The molecule has 0 aromatic heterocycles. The summed E-state index contributed by atoms with van der Waals surface area (Å²) in [4.78, 5) is 14.5. The molecule has 3 nitrogen and oxygen atoms in total. The maximum atomic E-state index is 13.0. The van der Waals surface area contributed by atoms with Gasteiger partial charge >= 0.3 is 0 Å². The van der Waals surface area contributed by atoms with Gasteiger partial charge in [0.15, 0.2) is 0 Å². The lowest BCUT2D eigenvalue weighted by atomic mass is 10.1. The number of nitrogens with one attached hydrogen (secondary N) is 1. The van der Waals surface area contributed by atoms with Gasteiger partial charge in [0.1, 0.15) is 5.82 Å². The van der Waals surface area contributed by atoms with Crippen molar-refractivity contribution in [2.45, 2.75) is 32.7 Å². The van der Waals surface area contributed by atoms with Crippen molar-refractivity contribution in [2.75, 3.05) is 19.6 Å². The number of halogens is 1. The molecule has 1 fully saturated rings. The minimum Gasteiger partial charge on any atom is -0.348 e. The molecule has 1 aromatic rings. The van der Waals surface area contributed by atoms with Crippen molar-refractivity contribution in [1.29, 1.82) is 0 Å². The van der Waals surface area contributed by atoms with Gasteiger partial charge in [-0.3, -0.25) is 4.79 Å². The molecule has 1 aromatic carbocycles. The van der Waals surface area contributed by atoms with Gasteiger partial charge in [0.2, 0.25) is 0 Å². The molecule has 2 rings (SSSR count). The third kappa shape index (κ3) is 3.77. The Labute approximate surface area is 113 Å². The summed E-state index contributed by atoms with van der Waals surface area (Å²) in [5.41, 5.74) is 1.22. The molecule has 1 atom stereocenters. The molecule has 104 valence electrons. The molecule has 0 bridgehead atoms. The van der Waals surface area contributed by atoms with Crippen LogP contribution in [0.15, 0.2) is 18.2 Å². The number of carbonyl (C=O) groups excluding carboxylic acids is 1. The van der Waals surface area contributed by atoms with Gasteiger partial charge in [0, 0.05) is 18.2 Å². The van der Waals surface area contributed by atoms with E-state index >= 15 is 0 Å². The van der Waals surface area contributed by atoms with Crippen LogP contribution in [0.5, 0.6) is 0 Å². The molecular weight excluding hydrogens is 243 g/mol. The second-order valence-electron chi connectivity index (χ2n) is 5.34. The maximum absolute atomic E-state index is 13.0. The summed E-state index contributed by atoms with van der Waals surface area (Å²) in [7, 11) is 0. The van der Waals surface area contributed by atoms with E-state index in [1.54, 1.807) is 13.0 Å². The van der Waals surface area contributed by atoms with Crippen LogP contribution < -0.4 is 5.32 Å². The Balaban J connectivity index is 1.92. The Morgan fingerprint density at radius 1 is 1.42 bits per heavy atom. The van der Waals surface area contributed by atoms with E-state index < -0.39 is 0 Å². The number of hydrogen-bond acceptors (Lipinski definition) is 2. The quantitative estimate of drug-likeness (QED) is 0.905. The molecule has 1 heterocycles. The topological polar surface area (TPSA) is 32.3 Å². The van der Waals surface area contributed by atoms with Crippen LogP contribution in [0, 0.1) is 12.7 Å². The predicted octanol–water partition coefficient (Wildman–Crippen LogP) is 2.35. The Morgan fingerprint density at radius 3 is 2.74 bits per heavy atom. The summed E-state index contributed by atoms with van der Waals surface area (Å²) >= 11 is 0. The first-order valence-electron chi connectivity index (χ1n) is 6.85. The first-order chi connectivity index (χ1) is 9.06. The normalized spacial score (nSPS) is 17.4. The highest BCUT2D eigenvalue weighted by Gasteiger charge is 2.17. The minimum atomic E-state index is -0.306.